The van der Waals surface area contributed by atoms with Gasteiger partial charge in [-0.05, 0) is 13.3 Å². The molecule has 0 unspecified atom stereocenters. The van der Waals surface area contributed by atoms with Crippen LogP contribution in [0.4, 0.5) is 0 Å². The molecule has 5 heteroatoms. The highest BCUT2D eigenvalue weighted by molar-refractivity contribution is 5.87. The molecule has 0 saturated carbocycles. The van der Waals surface area contributed by atoms with E-state index in [4.69, 9.17) is 9.84 Å². The Morgan fingerprint density at radius 1 is 1.62 bits per heavy atom. The first kappa shape index (κ1) is 9.57. The molecule has 0 aliphatic rings. The SMILES string of the molecule is CCOc1n[nH]c(C(=O)O)c1CC. The van der Waals surface area contributed by atoms with E-state index in [0.29, 0.717) is 24.5 Å². The van der Waals surface area contributed by atoms with Crippen LogP contribution in [0.25, 0.3) is 0 Å². The fraction of sp³-hybridized carbons (Fsp3) is 0.500. The largest absolute Gasteiger partial charge is 0.477 e. The van der Waals surface area contributed by atoms with E-state index < -0.39 is 5.97 Å². The van der Waals surface area contributed by atoms with Crippen molar-refractivity contribution < 1.29 is 14.6 Å². The topological polar surface area (TPSA) is 75.2 Å². The van der Waals surface area contributed by atoms with Gasteiger partial charge in [-0.15, -0.1) is 5.10 Å². The highest BCUT2D eigenvalue weighted by Gasteiger charge is 2.17. The van der Waals surface area contributed by atoms with Crippen molar-refractivity contribution in [2.45, 2.75) is 20.3 Å². The minimum absolute atomic E-state index is 0.117. The van der Waals surface area contributed by atoms with E-state index in [2.05, 4.69) is 10.2 Å². The van der Waals surface area contributed by atoms with Gasteiger partial charge in [-0.25, -0.2) is 4.79 Å². The van der Waals surface area contributed by atoms with Crippen molar-refractivity contribution >= 4 is 5.97 Å². The maximum absolute atomic E-state index is 10.7. The number of H-pyrrole nitrogens is 1. The Labute approximate surface area is 75.7 Å². The molecule has 13 heavy (non-hydrogen) atoms. The number of carboxylic acids is 1. The third-order valence-corrected chi connectivity index (χ3v) is 1.68. The van der Waals surface area contributed by atoms with E-state index in [1.165, 1.54) is 0 Å². The highest BCUT2D eigenvalue weighted by Crippen LogP contribution is 2.19. The van der Waals surface area contributed by atoms with Gasteiger partial charge >= 0.3 is 5.97 Å². The fourth-order valence-corrected chi connectivity index (χ4v) is 1.11. The second kappa shape index (κ2) is 3.93. The molecule has 0 spiro atoms. The number of aromatic nitrogens is 2. The number of aromatic amines is 1. The quantitative estimate of drug-likeness (QED) is 0.733. The zero-order valence-electron chi connectivity index (χ0n) is 7.63. The van der Waals surface area contributed by atoms with E-state index in [0.717, 1.165) is 0 Å². The van der Waals surface area contributed by atoms with Gasteiger partial charge in [-0.2, -0.15) is 0 Å². The number of nitrogens with one attached hydrogen (secondary N) is 1. The average Bonchev–Trinajstić information content (AvgIpc) is 2.48. The molecule has 0 aliphatic heterocycles. The molecule has 0 fully saturated rings. The Morgan fingerprint density at radius 2 is 2.31 bits per heavy atom. The Morgan fingerprint density at radius 3 is 2.77 bits per heavy atom. The average molecular weight is 184 g/mol. The summed E-state index contributed by atoms with van der Waals surface area (Å²) in [4.78, 5) is 10.7. The third kappa shape index (κ3) is 1.80. The first-order valence-electron chi connectivity index (χ1n) is 4.14. The summed E-state index contributed by atoms with van der Waals surface area (Å²) in [6.45, 7) is 4.17. The Balaban J connectivity index is 3.03. The van der Waals surface area contributed by atoms with Crippen LogP contribution in [0.1, 0.15) is 29.9 Å². The van der Waals surface area contributed by atoms with Gasteiger partial charge in [-0.1, -0.05) is 6.92 Å². The van der Waals surface area contributed by atoms with Crippen molar-refractivity contribution in [3.8, 4) is 5.88 Å². The van der Waals surface area contributed by atoms with Gasteiger partial charge < -0.3 is 9.84 Å². The van der Waals surface area contributed by atoms with Gasteiger partial charge in [0.15, 0.2) is 0 Å². The van der Waals surface area contributed by atoms with Crippen molar-refractivity contribution in [3.05, 3.63) is 11.3 Å². The van der Waals surface area contributed by atoms with Crippen LogP contribution in [0, 0.1) is 0 Å². The van der Waals surface area contributed by atoms with Gasteiger partial charge in [0.25, 0.3) is 0 Å². The van der Waals surface area contributed by atoms with Crippen LogP contribution in [-0.4, -0.2) is 27.9 Å². The summed E-state index contributed by atoms with van der Waals surface area (Å²) in [5, 5.41) is 15.0. The van der Waals surface area contributed by atoms with Crippen LogP contribution in [0.15, 0.2) is 0 Å². The number of carbonyl (C=O) groups is 1. The van der Waals surface area contributed by atoms with Gasteiger partial charge in [0.2, 0.25) is 5.88 Å². The van der Waals surface area contributed by atoms with Crippen molar-refractivity contribution in [1.29, 1.82) is 0 Å². The lowest BCUT2D eigenvalue weighted by molar-refractivity contribution is 0.0689. The standard InChI is InChI=1S/C8H12N2O3/c1-3-5-6(8(11)12)9-10-7(5)13-4-2/h3-4H2,1-2H3,(H,9,10)(H,11,12). The molecule has 0 saturated heterocycles. The van der Waals surface area contributed by atoms with E-state index in [9.17, 15) is 4.79 Å². The first-order valence-corrected chi connectivity index (χ1v) is 4.14. The van der Waals surface area contributed by atoms with Gasteiger partial charge in [0.05, 0.1) is 6.61 Å². The molecule has 0 bridgehead atoms. The first-order chi connectivity index (χ1) is 6.20. The van der Waals surface area contributed by atoms with Crippen molar-refractivity contribution in [2.24, 2.45) is 0 Å². The van der Waals surface area contributed by atoms with Crippen LogP contribution in [0.3, 0.4) is 0 Å². The molecule has 1 rings (SSSR count). The van der Waals surface area contributed by atoms with Crippen molar-refractivity contribution in [2.75, 3.05) is 6.61 Å². The summed E-state index contributed by atoms with van der Waals surface area (Å²) >= 11 is 0. The lowest BCUT2D eigenvalue weighted by Gasteiger charge is -2.00. The van der Waals surface area contributed by atoms with Crippen molar-refractivity contribution in [1.82, 2.24) is 10.2 Å². The van der Waals surface area contributed by atoms with Gasteiger partial charge in [0.1, 0.15) is 5.69 Å². The van der Waals surface area contributed by atoms with E-state index >= 15 is 0 Å². The molecule has 5 nitrogen and oxygen atoms in total. The number of nitrogens with zero attached hydrogens (tertiary/aromatic N) is 1. The molecular formula is C8H12N2O3. The molecular weight excluding hydrogens is 172 g/mol. The zero-order chi connectivity index (χ0) is 9.84. The zero-order valence-corrected chi connectivity index (χ0v) is 7.63. The monoisotopic (exact) mass is 184 g/mol. The minimum atomic E-state index is -1.00. The second-order valence-corrected chi connectivity index (χ2v) is 2.47. The van der Waals surface area contributed by atoms with Gasteiger partial charge in [0, 0.05) is 5.56 Å². The lowest BCUT2D eigenvalue weighted by Crippen LogP contribution is -2.01. The summed E-state index contributed by atoms with van der Waals surface area (Å²) in [5.74, 6) is -0.613. The predicted octanol–water partition coefficient (Wildman–Crippen LogP) is 1.07. The van der Waals surface area contributed by atoms with E-state index in [-0.39, 0.29) is 5.69 Å². The Bertz CT molecular complexity index is 306. The summed E-state index contributed by atoms with van der Waals surface area (Å²) in [5.41, 5.74) is 0.736. The summed E-state index contributed by atoms with van der Waals surface area (Å²) in [7, 11) is 0. The molecule has 2 N–H and O–H groups in total. The fourth-order valence-electron chi connectivity index (χ4n) is 1.11. The van der Waals surface area contributed by atoms with Gasteiger partial charge in [-0.3, -0.25) is 5.10 Å². The molecule has 0 aliphatic carbocycles. The summed E-state index contributed by atoms with van der Waals surface area (Å²) < 4.78 is 5.15. The van der Waals surface area contributed by atoms with Crippen LogP contribution in [0.2, 0.25) is 0 Å². The van der Waals surface area contributed by atoms with E-state index in [1.807, 2.05) is 13.8 Å². The van der Waals surface area contributed by atoms with Crippen LogP contribution < -0.4 is 4.74 Å². The minimum Gasteiger partial charge on any atom is -0.477 e. The molecule has 72 valence electrons. The maximum Gasteiger partial charge on any atom is 0.354 e. The molecule has 1 aromatic rings. The Kier molecular flexibility index (Phi) is 2.89. The normalized spacial score (nSPS) is 10.0. The number of carboxylic acid groups (broad SMARTS) is 1. The second-order valence-electron chi connectivity index (χ2n) is 2.47. The molecule has 0 aromatic carbocycles. The van der Waals surface area contributed by atoms with Crippen molar-refractivity contribution in [3.63, 3.8) is 0 Å². The molecule has 0 radical (unpaired) electrons. The molecule has 0 amide bonds. The lowest BCUT2D eigenvalue weighted by atomic mass is 10.2. The van der Waals surface area contributed by atoms with E-state index in [1.54, 1.807) is 0 Å². The molecule has 1 aromatic heterocycles. The molecule has 0 atom stereocenters. The smallest absolute Gasteiger partial charge is 0.354 e. The summed E-state index contributed by atoms with van der Waals surface area (Å²) in [6.07, 6.45) is 0.591. The Hall–Kier alpha value is -1.52. The third-order valence-electron chi connectivity index (χ3n) is 1.68. The highest BCUT2D eigenvalue weighted by atomic mass is 16.5. The number of hydrogen-bond acceptors (Lipinski definition) is 3. The number of rotatable bonds is 4. The van der Waals surface area contributed by atoms with Crippen LogP contribution >= 0.6 is 0 Å². The number of ether oxygens (including phenoxy) is 1. The van der Waals surface area contributed by atoms with Crippen LogP contribution in [-0.2, 0) is 6.42 Å². The van der Waals surface area contributed by atoms with Crippen LogP contribution in [0.5, 0.6) is 5.88 Å². The number of aromatic carboxylic acids is 1. The summed E-state index contributed by atoms with van der Waals surface area (Å²) in [6, 6.07) is 0. The predicted molar refractivity (Wildman–Crippen MR) is 46.1 cm³/mol. The maximum atomic E-state index is 10.7. The molecule has 1 heterocycles. The number of hydrogen-bond donors (Lipinski definition) is 2.